The molecule has 200 valence electrons. The minimum atomic E-state index is -0.669. The van der Waals surface area contributed by atoms with Crippen molar-refractivity contribution >= 4 is 17.2 Å². The van der Waals surface area contributed by atoms with E-state index in [0.29, 0.717) is 48.6 Å². The summed E-state index contributed by atoms with van der Waals surface area (Å²) >= 11 is 0. The molecule has 0 radical (unpaired) electrons. The third-order valence-corrected chi connectivity index (χ3v) is 7.22. The van der Waals surface area contributed by atoms with Crippen molar-refractivity contribution in [3.8, 4) is 28.6 Å². The van der Waals surface area contributed by atoms with Gasteiger partial charge < -0.3 is 15.5 Å². The Hall–Kier alpha value is -5.08. The van der Waals surface area contributed by atoms with Crippen molar-refractivity contribution < 1.29 is 4.79 Å². The standard InChI is InChI=1S/C29H28N10O/c1-19-4-3-5-20(12-19)26(31)29(40)38-10-8-37(9-11-38)25-7-6-21(14-32-25)27-28-22(13-30)15-34-39(28)18-24(35-27)23-16-33-36(2)17-23/h3-7,12,14-18,26H,8-11,31H2,1-2H3. The molecule has 1 aromatic carbocycles. The topological polar surface area (TPSA) is 134 Å². The van der Waals surface area contributed by atoms with Gasteiger partial charge in [-0.15, -0.1) is 0 Å². The van der Waals surface area contributed by atoms with Crippen LogP contribution in [-0.4, -0.2) is 66.3 Å². The molecule has 2 N–H and O–H groups in total. The first kappa shape index (κ1) is 25.2. The number of fused-ring (bicyclic) bond motifs is 1. The molecule has 5 heterocycles. The largest absolute Gasteiger partial charge is 0.353 e. The van der Waals surface area contributed by atoms with Crippen LogP contribution in [0.1, 0.15) is 22.7 Å². The Bertz CT molecular complexity index is 1740. The highest BCUT2D eigenvalue weighted by atomic mass is 16.2. The first-order valence-electron chi connectivity index (χ1n) is 13.0. The van der Waals surface area contributed by atoms with Gasteiger partial charge >= 0.3 is 0 Å². The van der Waals surface area contributed by atoms with Crippen molar-refractivity contribution in [2.24, 2.45) is 12.8 Å². The maximum absolute atomic E-state index is 13.0. The molecule has 0 spiro atoms. The first-order valence-corrected chi connectivity index (χ1v) is 13.0. The summed E-state index contributed by atoms with van der Waals surface area (Å²) in [5, 5.41) is 18.3. The van der Waals surface area contributed by atoms with Crippen LogP contribution in [0.3, 0.4) is 0 Å². The van der Waals surface area contributed by atoms with Crippen LogP contribution in [0.25, 0.3) is 28.0 Å². The summed E-state index contributed by atoms with van der Waals surface area (Å²) in [6, 6.07) is 13.2. The summed E-state index contributed by atoms with van der Waals surface area (Å²) in [5.74, 6) is 0.749. The lowest BCUT2D eigenvalue weighted by atomic mass is 10.0. The minimum absolute atomic E-state index is 0.0637. The number of nitrogens with zero attached hydrogens (tertiary/aromatic N) is 9. The van der Waals surface area contributed by atoms with Crippen molar-refractivity contribution in [1.82, 2.24) is 34.3 Å². The van der Waals surface area contributed by atoms with E-state index in [9.17, 15) is 10.1 Å². The van der Waals surface area contributed by atoms with Crippen LogP contribution in [0.15, 0.2) is 67.4 Å². The summed E-state index contributed by atoms with van der Waals surface area (Å²) in [4.78, 5) is 26.6. The molecule has 11 heteroatoms. The lowest BCUT2D eigenvalue weighted by Gasteiger charge is -2.36. The average molecular weight is 533 g/mol. The maximum atomic E-state index is 13.0. The second-order valence-electron chi connectivity index (χ2n) is 9.95. The van der Waals surface area contributed by atoms with Crippen LogP contribution in [0.5, 0.6) is 0 Å². The number of aromatic nitrogens is 6. The van der Waals surface area contributed by atoms with Gasteiger partial charge in [0.15, 0.2) is 0 Å². The molecule has 1 atom stereocenters. The number of benzene rings is 1. The second-order valence-corrected chi connectivity index (χ2v) is 9.95. The van der Waals surface area contributed by atoms with E-state index in [0.717, 1.165) is 28.1 Å². The number of pyridine rings is 1. The van der Waals surface area contributed by atoms with E-state index in [-0.39, 0.29) is 5.91 Å². The van der Waals surface area contributed by atoms with Crippen LogP contribution < -0.4 is 10.6 Å². The molecule has 0 aliphatic carbocycles. The highest BCUT2D eigenvalue weighted by Gasteiger charge is 2.27. The number of amides is 1. The number of rotatable bonds is 5. The molecule has 1 amide bonds. The Labute approximate surface area is 231 Å². The van der Waals surface area contributed by atoms with Gasteiger partial charge in [-0.2, -0.15) is 15.5 Å². The molecule has 1 aliphatic heterocycles. The highest BCUT2D eigenvalue weighted by molar-refractivity contribution is 5.84. The molecule has 1 saturated heterocycles. The Morgan fingerprint density at radius 1 is 1.02 bits per heavy atom. The number of carbonyl (C=O) groups is 1. The van der Waals surface area contributed by atoms with E-state index >= 15 is 0 Å². The number of carbonyl (C=O) groups excluding carboxylic acids is 1. The first-order chi connectivity index (χ1) is 19.4. The molecule has 40 heavy (non-hydrogen) atoms. The number of piperazine rings is 1. The number of nitriles is 1. The summed E-state index contributed by atoms with van der Waals surface area (Å²) in [6.07, 6.45) is 8.73. The number of nitrogens with two attached hydrogens (primary N) is 1. The smallest absolute Gasteiger partial charge is 0.244 e. The fraction of sp³-hybridized carbons (Fsp3) is 0.241. The predicted molar refractivity (Wildman–Crippen MR) is 150 cm³/mol. The van der Waals surface area contributed by atoms with Crippen molar-refractivity contribution in [3.05, 3.63) is 84.1 Å². The molecular weight excluding hydrogens is 504 g/mol. The SMILES string of the molecule is Cc1cccc(C(N)C(=O)N2CCN(c3ccc(-c4nc(-c5cnn(C)c5)cn5ncc(C#N)c45)cn3)CC2)c1. The molecule has 1 fully saturated rings. The quantitative estimate of drug-likeness (QED) is 0.365. The number of hydrogen-bond donors (Lipinski definition) is 1. The van der Waals surface area contributed by atoms with Crippen LogP contribution in [0, 0.1) is 18.3 Å². The second kappa shape index (κ2) is 10.2. The molecule has 0 saturated carbocycles. The molecular formula is C29H28N10O. The van der Waals surface area contributed by atoms with Gasteiger partial charge in [-0.3, -0.25) is 9.48 Å². The number of anilines is 1. The monoisotopic (exact) mass is 532 g/mol. The third kappa shape index (κ3) is 4.65. The zero-order chi connectivity index (χ0) is 27.8. The molecule has 1 aliphatic rings. The predicted octanol–water partition coefficient (Wildman–Crippen LogP) is 2.72. The van der Waals surface area contributed by atoms with Gasteiger partial charge in [0.1, 0.15) is 29.0 Å². The molecule has 1 unspecified atom stereocenters. The fourth-order valence-corrected chi connectivity index (χ4v) is 5.06. The number of hydrogen-bond acceptors (Lipinski definition) is 8. The Kier molecular flexibility index (Phi) is 6.45. The Morgan fingerprint density at radius 3 is 2.52 bits per heavy atom. The van der Waals surface area contributed by atoms with Crippen LogP contribution >= 0.6 is 0 Å². The average Bonchev–Trinajstić information content (AvgIpc) is 3.62. The molecule has 4 aromatic heterocycles. The summed E-state index contributed by atoms with van der Waals surface area (Å²) < 4.78 is 3.39. The van der Waals surface area contributed by atoms with E-state index < -0.39 is 6.04 Å². The van der Waals surface area contributed by atoms with Crippen molar-refractivity contribution in [3.63, 3.8) is 0 Å². The van der Waals surface area contributed by atoms with E-state index in [2.05, 4.69) is 21.2 Å². The van der Waals surface area contributed by atoms with Gasteiger partial charge in [0.2, 0.25) is 5.91 Å². The van der Waals surface area contributed by atoms with E-state index in [1.54, 1.807) is 34.0 Å². The van der Waals surface area contributed by atoms with E-state index in [1.807, 2.05) is 61.5 Å². The summed E-state index contributed by atoms with van der Waals surface area (Å²) in [6.45, 7) is 4.43. The summed E-state index contributed by atoms with van der Waals surface area (Å²) in [7, 11) is 1.85. The van der Waals surface area contributed by atoms with Crippen molar-refractivity contribution in [1.29, 1.82) is 5.26 Å². The van der Waals surface area contributed by atoms with Crippen molar-refractivity contribution in [2.75, 3.05) is 31.1 Å². The molecule has 0 bridgehead atoms. The van der Waals surface area contributed by atoms with E-state index in [4.69, 9.17) is 15.7 Å². The normalized spacial score (nSPS) is 14.3. The highest BCUT2D eigenvalue weighted by Crippen LogP contribution is 2.29. The molecule has 6 rings (SSSR count). The lowest BCUT2D eigenvalue weighted by Crippen LogP contribution is -2.51. The fourth-order valence-electron chi connectivity index (χ4n) is 5.06. The van der Waals surface area contributed by atoms with Gasteiger partial charge in [-0.1, -0.05) is 29.8 Å². The van der Waals surface area contributed by atoms with Crippen molar-refractivity contribution in [2.45, 2.75) is 13.0 Å². The maximum Gasteiger partial charge on any atom is 0.244 e. The third-order valence-electron chi connectivity index (χ3n) is 7.22. The van der Waals surface area contributed by atoms with Gasteiger partial charge in [-0.25, -0.2) is 14.5 Å². The summed E-state index contributed by atoms with van der Waals surface area (Å²) in [5.41, 5.74) is 12.2. The van der Waals surface area contributed by atoms with Gasteiger partial charge in [0, 0.05) is 56.7 Å². The van der Waals surface area contributed by atoms with Crippen LogP contribution in [0.4, 0.5) is 5.82 Å². The van der Waals surface area contributed by atoms with Gasteiger partial charge in [-0.05, 0) is 24.6 Å². The molecule has 5 aromatic rings. The van der Waals surface area contributed by atoms with Crippen LogP contribution in [-0.2, 0) is 11.8 Å². The number of aryl methyl sites for hydroxylation is 2. The van der Waals surface area contributed by atoms with Crippen LogP contribution in [0.2, 0.25) is 0 Å². The lowest BCUT2D eigenvalue weighted by molar-refractivity contribution is -0.133. The zero-order valence-electron chi connectivity index (χ0n) is 22.3. The van der Waals surface area contributed by atoms with Gasteiger partial charge in [0.05, 0.1) is 30.0 Å². The molecule has 11 nitrogen and oxygen atoms in total. The Balaban J connectivity index is 1.21. The minimum Gasteiger partial charge on any atom is -0.353 e. The zero-order valence-corrected chi connectivity index (χ0v) is 22.3. The van der Waals surface area contributed by atoms with E-state index in [1.165, 1.54) is 0 Å². The van der Waals surface area contributed by atoms with Gasteiger partial charge in [0.25, 0.3) is 0 Å². The Morgan fingerprint density at radius 2 is 1.85 bits per heavy atom.